The minimum atomic E-state index is 0.0511. The summed E-state index contributed by atoms with van der Waals surface area (Å²) in [5.41, 5.74) is 1.77. The number of hydrogen-bond acceptors (Lipinski definition) is 2. The second-order valence-electron chi connectivity index (χ2n) is 4.86. The summed E-state index contributed by atoms with van der Waals surface area (Å²) < 4.78 is 5.07. The van der Waals surface area contributed by atoms with Crippen LogP contribution in [0.3, 0.4) is 0 Å². The van der Waals surface area contributed by atoms with E-state index < -0.39 is 0 Å². The fourth-order valence-corrected chi connectivity index (χ4v) is 2.14. The summed E-state index contributed by atoms with van der Waals surface area (Å²) >= 11 is 0. The number of nitrogens with one attached hydrogen (secondary N) is 1. The van der Waals surface area contributed by atoms with Gasteiger partial charge in [0, 0.05) is 42.4 Å². The number of amides is 1. The minimum Gasteiger partial charge on any atom is -0.383 e. The summed E-state index contributed by atoms with van der Waals surface area (Å²) in [4.78, 5) is 17.5. The maximum absolute atomic E-state index is 12.5. The maximum Gasteiger partial charge on any atom is 0.254 e. The zero-order chi connectivity index (χ0) is 13.8. The van der Waals surface area contributed by atoms with Gasteiger partial charge < -0.3 is 14.6 Å². The zero-order valence-electron chi connectivity index (χ0n) is 11.6. The average molecular weight is 260 g/mol. The highest BCUT2D eigenvalue weighted by Gasteiger charge is 2.18. The zero-order valence-corrected chi connectivity index (χ0v) is 11.6. The Labute approximate surface area is 113 Å². The molecule has 0 saturated heterocycles. The van der Waals surface area contributed by atoms with Gasteiger partial charge in [-0.1, -0.05) is 0 Å². The summed E-state index contributed by atoms with van der Waals surface area (Å²) in [6, 6.07) is 7.86. The number of methoxy groups -OCH3 is 1. The molecule has 0 unspecified atom stereocenters. The number of rotatable bonds is 5. The molecule has 1 aromatic carbocycles. The van der Waals surface area contributed by atoms with E-state index in [1.54, 1.807) is 7.11 Å². The third-order valence-corrected chi connectivity index (χ3v) is 3.22. The van der Waals surface area contributed by atoms with E-state index in [2.05, 4.69) is 4.98 Å². The second kappa shape index (κ2) is 5.89. The molecule has 19 heavy (non-hydrogen) atoms. The van der Waals surface area contributed by atoms with Crippen LogP contribution < -0.4 is 0 Å². The summed E-state index contributed by atoms with van der Waals surface area (Å²) in [5.74, 6) is 0.0511. The number of fused-ring (bicyclic) bond motifs is 1. The van der Waals surface area contributed by atoms with Crippen LogP contribution >= 0.6 is 0 Å². The third kappa shape index (κ3) is 2.96. The van der Waals surface area contributed by atoms with Gasteiger partial charge in [-0.2, -0.15) is 0 Å². The Morgan fingerprint density at radius 3 is 2.84 bits per heavy atom. The first kappa shape index (κ1) is 13.6. The maximum atomic E-state index is 12.5. The van der Waals surface area contributed by atoms with E-state index in [4.69, 9.17) is 4.74 Å². The van der Waals surface area contributed by atoms with E-state index in [0.717, 1.165) is 16.5 Å². The van der Waals surface area contributed by atoms with Crippen molar-refractivity contribution in [2.24, 2.45) is 0 Å². The van der Waals surface area contributed by atoms with Crippen molar-refractivity contribution in [3.63, 3.8) is 0 Å². The Morgan fingerprint density at radius 1 is 1.37 bits per heavy atom. The molecule has 0 aliphatic rings. The van der Waals surface area contributed by atoms with Crippen LogP contribution in [-0.4, -0.2) is 42.1 Å². The predicted octanol–water partition coefficient (Wildman–Crippen LogP) is 2.66. The predicted molar refractivity (Wildman–Crippen MR) is 76.3 cm³/mol. The lowest BCUT2D eigenvalue weighted by molar-refractivity contribution is 0.0635. The first-order valence-corrected chi connectivity index (χ1v) is 6.50. The third-order valence-electron chi connectivity index (χ3n) is 3.22. The molecule has 0 saturated carbocycles. The Bertz CT molecular complexity index is 560. The number of ether oxygens (including phenoxy) is 1. The van der Waals surface area contributed by atoms with Crippen molar-refractivity contribution in [3.8, 4) is 0 Å². The molecular formula is C15H20N2O2. The van der Waals surface area contributed by atoms with Gasteiger partial charge in [-0.3, -0.25) is 4.79 Å². The highest BCUT2D eigenvalue weighted by Crippen LogP contribution is 2.16. The molecule has 1 heterocycles. The molecule has 0 bridgehead atoms. The molecule has 1 aromatic heterocycles. The smallest absolute Gasteiger partial charge is 0.254 e. The molecule has 4 nitrogen and oxygen atoms in total. The molecule has 2 aromatic rings. The molecule has 1 amide bonds. The van der Waals surface area contributed by atoms with E-state index in [1.807, 2.05) is 49.2 Å². The van der Waals surface area contributed by atoms with Gasteiger partial charge in [0.15, 0.2) is 0 Å². The Hall–Kier alpha value is -1.81. The van der Waals surface area contributed by atoms with Gasteiger partial charge in [-0.15, -0.1) is 0 Å². The highest BCUT2D eigenvalue weighted by atomic mass is 16.5. The molecule has 0 atom stereocenters. The Morgan fingerprint density at radius 2 is 2.16 bits per heavy atom. The molecular weight excluding hydrogens is 240 g/mol. The monoisotopic (exact) mass is 260 g/mol. The van der Waals surface area contributed by atoms with E-state index in [-0.39, 0.29) is 11.9 Å². The quantitative estimate of drug-likeness (QED) is 0.898. The molecule has 2 rings (SSSR count). The van der Waals surface area contributed by atoms with Crippen molar-refractivity contribution in [2.45, 2.75) is 19.9 Å². The lowest BCUT2D eigenvalue weighted by Gasteiger charge is -2.26. The van der Waals surface area contributed by atoms with Crippen LogP contribution in [0.5, 0.6) is 0 Å². The number of carbonyl (C=O) groups excluding carboxylic acids is 1. The lowest BCUT2D eigenvalue weighted by atomic mass is 10.1. The van der Waals surface area contributed by atoms with Crippen LogP contribution in [0.4, 0.5) is 0 Å². The highest BCUT2D eigenvalue weighted by molar-refractivity contribution is 5.98. The standard InChI is InChI=1S/C15H20N2O2/c1-11(2)17(8-9-19-3)15(18)13-4-5-14-12(10-13)6-7-16-14/h4-7,10-11,16H,8-9H2,1-3H3. The molecule has 102 valence electrons. The fourth-order valence-electron chi connectivity index (χ4n) is 2.14. The van der Waals surface area contributed by atoms with E-state index in [0.29, 0.717) is 13.2 Å². The van der Waals surface area contributed by atoms with Crippen LogP contribution in [0.25, 0.3) is 10.9 Å². The number of aromatic nitrogens is 1. The number of hydrogen-bond donors (Lipinski definition) is 1. The van der Waals surface area contributed by atoms with Gasteiger partial charge in [-0.25, -0.2) is 0 Å². The molecule has 0 radical (unpaired) electrons. The van der Waals surface area contributed by atoms with Crippen LogP contribution in [0.1, 0.15) is 24.2 Å². The second-order valence-corrected chi connectivity index (χ2v) is 4.86. The largest absolute Gasteiger partial charge is 0.383 e. The summed E-state index contributed by atoms with van der Waals surface area (Å²) in [7, 11) is 1.65. The number of aromatic amines is 1. The minimum absolute atomic E-state index is 0.0511. The number of benzene rings is 1. The summed E-state index contributed by atoms with van der Waals surface area (Å²) in [6.07, 6.45) is 1.88. The van der Waals surface area contributed by atoms with Gasteiger partial charge >= 0.3 is 0 Å². The van der Waals surface area contributed by atoms with Crippen molar-refractivity contribution < 1.29 is 9.53 Å². The van der Waals surface area contributed by atoms with Crippen molar-refractivity contribution >= 4 is 16.8 Å². The van der Waals surface area contributed by atoms with Crippen LogP contribution in [0.15, 0.2) is 30.5 Å². The first-order valence-electron chi connectivity index (χ1n) is 6.50. The molecule has 4 heteroatoms. The molecule has 0 spiro atoms. The van der Waals surface area contributed by atoms with Gasteiger partial charge in [0.25, 0.3) is 5.91 Å². The lowest BCUT2D eigenvalue weighted by Crippen LogP contribution is -2.39. The van der Waals surface area contributed by atoms with Gasteiger partial charge in [0.2, 0.25) is 0 Å². The molecule has 0 fully saturated rings. The summed E-state index contributed by atoms with van der Waals surface area (Å²) in [6.45, 7) is 5.19. The summed E-state index contributed by atoms with van der Waals surface area (Å²) in [5, 5.41) is 1.06. The number of carbonyl (C=O) groups is 1. The number of nitrogens with zero attached hydrogens (tertiary/aromatic N) is 1. The Kier molecular flexibility index (Phi) is 4.22. The van der Waals surface area contributed by atoms with Gasteiger partial charge in [0.1, 0.15) is 0 Å². The van der Waals surface area contributed by atoms with E-state index in [1.165, 1.54) is 0 Å². The first-order chi connectivity index (χ1) is 9.13. The van der Waals surface area contributed by atoms with Crippen molar-refractivity contribution in [3.05, 3.63) is 36.0 Å². The Balaban J connectivity index is 2.24. The number of H-pyrrole nitrogens is 1. The van der Waals surface area contributed by atoms with Crippen LogP contribution in [0, 0.1) is 0 Å². The molecule has 1 N–H and O–H groups in total. The SMILES string of the molecule is COCCN(C(=O)c1ccc2[nH]ccc2c1)C(C)C. The van der Waals surface area contributed by atoms with Crippen molar-refractivity contribution in [1.82, 2.24) is 9.88 Å². The fraction of sp³-hybridized carbons (Fsp3) is 0.400. The van der Waals surface area contributed by atoms with Crippen molar-refractivity contribution in [1.29, 1.82) is 0 Å². The average Bonchev–Trinajstić information content (AvgIpc) is 2.85. The topological polar surface area (TPSA) is 45.3 Å². The molecule has 0 aliphatic carbocycles. The van der Waals surface area contributed by atoms with Crippen LogP contribution in [-0.2, 0) is 4.74 Å². The van der Waals surface area contributed by atoms with Crippen molar-refractivity contribution in [2.75, 3.05) is 20.3 Å². The van der Waals surface area contributed by atoms with Gasteiger partial charge in [-0.05, 0) is 38.1 Å². The van der Waals surface area contributed by atoms with E-state index in [9.17, 15) is 4.79 Å². The van der Waals surface area contributed by atoms with Crippen LogP contribution in [0.2, 0.25) is 0 Å². The van der Waals surface area contributed by atoms with E-state index >= 15 is 0 Å². The van der Waals surface area contributed by atoms with Gasteiger partial charge in [0.05, 0.1) is 6.61 Å². The normalized spacial score (nSPS) is 11.2. The molecule has 0 aliphatic heterocycles.